The topological polar surface area (TPSA) is 81.4 Å². The molecule has 2 aromatic rings. The molecule has 0 spiro atoms. The van der Waals surface area contributed by atoms with E-state index in [1.807, 2.05) is 29.3 Å². The van der Waals surface area contributed by atoms with Crippen LogP contribution in [-0.4, -0.2) is 23.7 Å². The maximum Gasteiger partial charge on any atom is 0.258 e. The molecule has 6 heteroatoms. The third-order valence-electron chi connectivity index (χ3n) is 3.31. The van der Waals surface area contributed by atoms with Crippen molar-refractivity contribution in [2.45, 2.75) is 0 Å². The van der Waals surface area contributed by atoms with Gasteiger partial charge in [0.25, 0.3) is 5.91 Å². The van der Waals surface area contributed by atoms with E-state index in [1.165, 1.54) is 12.3 Å². The van der Waals surface area contributed by atoms with E-state index in [1.54, 1.807) is 30.6 Å². The second-order valence-corrected chi connectivity index (χ2v) is 4.79. The normalized spacial score (nSPS) is 12.7. The van der Waals surface area contributed by atoms with E-state index in [0.29, 0.717) is 23.5 Å². The molecule has 0 aliphatic carbocycles. The fraction of sp³-hybridized carbons (Fsp3) is 0.0588. The Kier molecular flexibility index (Phi) is 4.11. The summed E-state index contributed by atoms with van der Waals surface area (Å²) in [5, 5.41) is 11.6. The number of para-hydroxylation sites is 1. The van der Waals surface area contributed by atoms with Gasteiger partial charge in [0.2, 0.25) is 0 Å². The molecular weight excluding hydrogens is 290 g/mol. The number of nitrogens with one attached hydrogen (secondary N) is 1. The van der Waals surface area contributed by atoms with Crippen LogP contribution in [0.25, 0.3) is 0 Å². The summed E-state index contributed by atoms with van der Waals surface area (Å²) in [6.07, 6.45) is 6.76. The first kappa shape index (κ1) is 14.5. The Morgan fingerprint density at radius 3 is 2.96 bits per heavy atom. The Morgan fingerprint density at radius 1 is 1.30 bits per heavy atom. The van der Waals surface area contributed by atoms with Crippen molar-refractivity contribution in [2.24, 2.45) is 4.99 Å². The number of hydrogen-bond donors (Lipinski definition) is 1. The van der Waals surface area contributed by atoms with Gasteiger partial charge in [0.05, 0.1) is 29.4 Å². The van der Waals surface area contributed by atoms with Crippen LogP contribution in [0.1, 0.15) is 15.9 Å². The predicted molar refractivity (Wildman–Crippen MR) is 88.3 cm³/mol. The predicted octanol–water partition coefficient (Wildman–Crippen LogP) is 2.57. The van der Waals surface area contributed by atoms with Crippen molar-refractivity contribution in [3.63, 3.8) is 0 Å². The number of nitrogens with zero attached hydrogens (tertiary/aromatic N) is 4. The molecule has 1 aliphatic heterocycles. The number of hydrogen-bond acceptors (Lipinski definition) is 5. The fourth-order valence-corrected chi connectivity index (χ4v) is 2.22. The molecule has 1 aromatic heterocycles. The van der Waals surface area contributed by atoms with Crippen LogP contribution in [-0.2, 0) is 0 Å². The van der Waals surface area contributed by atoms with Crippen LogP contribution < -0.4 is 10.2 Å². The van der Waals surface area contributed by atoms with Crippen molar-refractivity contribution in [1.29, 1.82) is 5.26 Å². The quantitative estimate of drug-likeness (QED) is 0.944. The molecule has 0 atom stereocenters. The highest BCUT2D eigenvalue weighted by atomic mass is 16.1. The van der Waals surface area contributed by atoms with Crippen LogP contribution in [0.4, 0.5) is 11.5 Å². The minimum Gasteiger partial charge on any atom is -0.340 e. The molecule has 23 heavy (non-hydrogen) atoms. The van der Waals surface area contributed by atoms with E-state index >= 15 is 0 Å². The number of aromatic nitrogens is 1. The summed E-state index contributed by atoms with van der Waals surface area (Å²) in [5.74, 6) is 0.0682. The summed E-state index contributed by atoms with van der Waals surface area (Å²) in [5.41, 5.74) is 1.75. The smallest absolute Gasteiger partial charge is 0.258 e. The molecule has 1 aromatic carbocycles. The van der Waals surface area contributed by atoms with E-state index < -0.39 is 0 Å². The lowest BCUT2D eigenvalue weighted by Gasteiger charge is -2.22. The summed E-state index contributed by atoms with van der Waals surface area (Å²) >= 11 is 0. The molecule has 1 N–H and O–H groups in total. The number of nitriles is 1. The van der Waals surface area contributed by atoms with Gasteiger partial charge in [-0.05, 0) is 24.3 Å². The molecule has 3 rings (SSSR count). The summed E-state index contributed by atoms with van der Waals surface area (Å²) < 4.78 is 0. The molecule has 0 unspecified atom stereocenters. The van der Waals surface area contributed by atoms with Crippen molar-refractivity contribution >= 4 is 23.6 Å². The number of amides is 1. The molecule has 6 nitrogen and oxygen atoms in total. The van der Waals surface area contributed by atoms with E-state index in [2.05, 4.69) is 15.3 Å². The lowest BCUT2D eigenvalue weighted by Crippen LogP contribution is -2.24. The van der Waals surface area contributed by atoms with Gasteiger partial charge in [-0.2, -0.15) is 5.26 Å². The van der Waals surface area contributed by atoms with Gasteiger partial charge in [-0.15, -0.1) is 0 Å². The van der Waals surface area contributed by atoms with Crippen molar-refractivity contribution in [1.82, 2.24) is 4.98 Å². The van der Waals surface area contributed by atoms with Gasteiger partial charge in [0.15, 0.2) is 0 Å². The van der Waals surface area contributed by atoms with E-state index in [-0.39, 0.29) is 5.91 Å². The Bertz CT molecular complexity index is 835. The maximum absolute atomic E-state index is 12.6. The number of aliphatic imine (C=N–C) groups is 1. The summed E-state index contributed by atoms with van der Waals surface area (Å²) in [6, 6.07) is 12.4. The highest BCUT2D eigenvalue weighted by Crippen LogP contribution is 2.22. The van der Waals surface area contributed by atoms with E-state index in [4.69, 9.17) is 5.26 Å². The SMILES string of the molecule is N#Cc1ccnc(NC(=O)c2ccccc2N2C=CN=CC2)c1. The van der Waals surface area contributed by atoms with E-state index in [0.717, 1.165) is 5.69 Å². The number of carbonyl (C=O) groups is 1. The molecule has 0 saturated heterocycles. The largest absolute Gasteiger partial charge is 0.340 e. The molecule has 112 valence electrons. The number of carbonyl (C=O) groups excluding carboxylic acids is 1. The zero-order chi connectivity index (χ0) is 16.1. The molecule has 1 aliphatic rings. The summed E-state index contributed by atoms with van der Waals surface area (Å²) in [7, 11) is 0. The number of benzene rings is 1. The Balaban J connectivity index is 1.86. The summed E-state index contributed by atoms with van der Waals surface area (Å²) in [4.78, 5) is 22.6. The molecule has 1 amide bonds. The van der Waals surface area contributed by atoms with Crippen molar-refractivity contribution in [3.05, 3.63) is 66.1 Å². The second-order valence-electron chi connectivity index (χ2n) is 4.79. The highest BCUT2D eigenvalue weighted by Gasteiger charge is 2.16. The maximum atomic E-state index is 12.6. The van der Waals surface area contributed by atoms with Gasteiger partial charge in [-0.25, -0.2) is 4.98 Å². The van der Waals surface area contributed by atoms with Crippen LogP contribution in [0.2, 0.25) is 0 Å². The first-order valence-electron chi connectivity index (χ1n) is 6.99. The monoisotopic (exact) mass is 303 g/mol. The van der Waals surface area contributed by atoms with Gasteiger partial charge in [0.1, 0.15) is 5.82 Å². The van der Waals surface area contributed by atoms with Crippen LogP contribution in [0, 0.1) is 11.3 Å². The molecule has 0 radical (unpaired) electrons. The lowest BCUT2D eigenvalue weighted by molar-refractivity contribution is 0.102. The Hall–Kier alpha value is -3.46. The van der Waals surface area contributed by atoms with Gasteiger partial charge in [-0.3, -0.25) is 9.79 Å². The zero-order valence-corrected chi connectivity index (χ0v) is 12.2. The van der Waals surface area contributed by atoms with Crippen LogP contribution in [0.15, 0.2) is 60.0 Å². The first-order chi connectivity index (χ1) is 11.3. The molecule has 0 bridgehead atoms. The van der Waals surface area contributed by atoms with Crippen molar-refractivity contribution in [3.8, 4) is 6.07 Å². The number of rotatable bonds is 3. The van der Waals surface area contributed by atoms with Gasteiger partial charge in [-0.1, -0.05) is 12.1 Å². The number of anilines is 2. The second kappa shape index (κ2) is 6.54. The van der Waals surface area contributed by atoms with Crippen LogP contribution in [0.3, 0.4) is 0 Å². The van der Waals surface area contributed by atoms with Crippen molar-refractivity contribution in [2.75, 3.05) is 16.8 Å². The summed E-state index contributed by atoms with van der Waals surface area (Å²) in [6.45, 7) is 0.600. The third kappa shape index (κ3) is 3.24. The molecule has 2 heterocycles. The highest BCUT2D eigenvalue weighted by molar-refractivity contribution is 6.08. The Labute approximate surface area is 133 Å². The minimum absolute atomic E-state index is 0.279. The van der Waals surface area contributed by atoms with Crippen molar-refractivity contribution < 1.29 is 4.79 Å². The van der Waals surface area contributed by atoms with Crippen LogP contribution >= 0.6 is 0 Å². The average molecular weight is 303 g/mol. The molecule has 0 fully saturated rings. The van der Waals surface area contributed by atoms with E-state index in [9.17, 15) is 4.79 Å². The lowest BCUT2D eigenvalue weighted by atomic mass is 10.1. The van der Waals surface area contributed by atoms with Gasteiger partial charge < -0.3 is 10.2 Å². The number of pyridine rings is 1. The van der Waals surface area contributed by atoms with Gasteiger partial charge in [0, 0.05) is 24.8 Å². The standard InChI is InChI=1S/C17H13N5O/c18-12-13-5-6-20-16(11-13)21-17(23)14-3-1-2-4-15(14)22-9-7-19-8-10-22/h1-9,11H,10H2,(H,20,21,23). The average Bonchev–Trinajstić information content (AvgIpc) is 2.62. The molecular formula is C17H13N5O. The zero-order valence-electron chi connectivity index (χ0n) is 12.2. The van der Waals surface area contributed by atoms with Gasteiger partial charge >= 0.3 is 0 Å². The molecule has 0 saturated carbocycles. The van der Waals surface area contributed by atoms with Crippen LogP contribution in [0.5, 0.6) is 0 Å². The third-order valence-corrected chi connectivity index (χ3v) is 3.31. The first-order valence-corrected chi connectivity index (χ1v) is 6.99. The fourth-order valence-electron chi connectivity index (χ4n) is 2.22. The minimum atomic E-state index is -0.279. The Morgan fingerprint density at radius 2 is 2.17 bits per heavy atom.